The quantitative estimate of drug-likeness (QED) is 0.365. The average molecular weight is 202 g/mol. The Kier molecular flexibility index (Phi) is 2.13. The standard InChI is InChI=1S/C6H8BrN3/c7-5-2-1-4(8)3-6(5)10-9/h1-3,10H,8-9H2. The summed E-state index contributed by atoms with van der Waals surface area (Å²) in [7, 11) is 0. The van der Waals surface area contributed by atoms with Crippen molar-refractivity contribution < 1.29 is 0 Å². The molecule has 0 bridgehead atoms. The molecule has 0 atom stereocenters. The molecule has 0 aliphatic rings. The lowest BCUT2D eigenvalue weighted by molar-refractivity contribution is 1.34. The third kappa shape index (κ3) is 1.40. The average Bonchev–Trinajstić information content (AvgIpc) is 1.94. The van der Waals surface area contributed by atoms with Crippen LogP contribution in [0.1, 0.15) is 0 Å². The Morgan fingerprint density at radius 1 is 1.40 bits per heavy atom. The third-order valence-corrected chi connectivity index (χ3v) is 1.84. The highest BCUT2D eigenvalue weighted by atomic mass is 79.9. The van der Waals surface area contributed by atoms with E-state index in [0.717, 1.165) is 10.2 Å². The second kappa shape index (κ2) is 2.90. The van der Waals surface area contributed by atoms with Crippen molar-refractivity contribution in [1.29, 1.82) is 0 Å². The zero-order chi connectivity index (χ0) is 7.56. The number of rotatable bonds is 1. The molecule has 4 heteroatoms. The Morgan fingerprint density at radius 3 is 2.60 bits per heavy atom. The van der Waals surface area contributed by atoms with Crippen molar-refractivity contribution in [3.8, 4) is 0 Å². The summed E-state index contributed by atoms with van der Waals surface area (Å²) >= 11 is 3.29. The van der Waals surface area contributed by atoms with E-state index in [4.69, 9.17) is 11.6 Å². The molecule has 0 fully saturated rings. The lowest BCUT2D eigenvalue weighted by atomic mass is 10.3. The summed E-state index contributed by atoms with van der Waals surface area (Å²) in [6, 6.07) is 5.39. The van der Waals surface area contributed by atoms with Crippen LogP contribution in [0.4, 0.5) is 11.4 Å². The topological polar surface area (TPSA) is 64.1 Å². The summed E-state index contributed by atoms with van der Waals surface area (Å²) in [5.41, 5.74) is 9.48. The molecule has 0 aromatic heterocycles. The van der Waals surface area contributed by atoms with Crippen molar-refractivity contribution in [3.63, 3.8) is 0 Å². The Hall–Kier alpha value is -0.740. The van der Waals surface area contributed by atoms with Crippen LogP contribution in [0, 0.1) is 0 Å². The number of anilines is 2. The number of nitrogens with one attached hydrogen (secondary N) is 1. The second-order valence-corrected chi connectivity index (χ2v) is 2.74. The molecule has 1 rings (SSSR count). The van der Waals surface area contributed by atoms with Crippen LogP contribution in [0.15, 0.2) is 22.7 Å². The molecule has 3 nitrogen and oxygen atoms in total. The van der Waals surface area contributed by atoms with Crippen LogP contribution in [-0.4, -0.2) is 0 Å². The molecule has 0 heterocycles. The third-order valence-electron chi connectivity index (χ3n) is 1.15. The Labute approximate surface area is 67.5 Å². The van der Waals surface area contributed by atoms with Crippen LogP contribution in [0.25, 0.3) is 0 Å². The second-order valence-electron chi connectivity index (χ2n) is 1.88. The number of hydrogen-bond acceptors (Lipinski definition) is 3. The van der Waals surface area contributed by atoms with Crippen molar-refractivity contribution in [3.05, 3.63) is 22.7 Å². The summed E-state index contributed by atoms with van der Waals surface area (Å²) in [6.07, 6.45) is 0. The van der Waals surface area contributed by atoms with Gasteiger partial charge in [-0.25, -0.2) is 0 Å². The highest BCUT2D eigenvalue weighted by molar-refractivity contribution is 9.10. The first-order chi connectivity index (χ1) is 4.74. The van der Waals surface area contributed by atoms with E-state index in [2.05, 4.69) is 21.4 Å². The Bertz CT molecular complexity index is 236. The largest absolute Gasteiger partial charge is 0.399 e. The van der Waals surface area contributed by atoms with Gasteiger partial charge in [0, 0.05) is 10.2 Å². The molecule has 0 amide bonds. The number of nitrogen functional groups attached to an aromatic ring is 2. The van der Waals surface area contributed by atoms with Crippen LogP contribution < -0.4 is 17.0 Å². The molecule has 0 radical (unpaired) electrons. The van der Waals surface area contributed by atoms with Gasteiger partial charge in [0.15, 0.2) is 0 Å². The molecule has 1 aromatic carbocycles. The zero-order valence-electron chi connectivity index (χ0n) is 5.26. The molecule has 0 unspecified atom stereocenters. The van der Waals surface area contributed by atoms with E-state index < -0.39 is 0 Å². The SMILES string of the molecule is NNc1cc(N)ccc1Br. The summed E-state index contributed by atoms with van der Waals surface area (Å²) in [6.45, 7) is 0. The highest BCUT2D eigenvalue weighted by Crippen LogP contribution is 2.23. The number of benzene rings is 1. The van der Waals surface area contributed by atoms with Crippen LogP contribution in [0.3, 0.4) is 0 Å². The van der Waals surface area contributed by atoms with E-state index in [-0.39, 0.29) is 0 Å². The van der Waals surface area contributed by atoms with Gasteiger partial charge in [0.1, 0.15) is 0 Å². The predicted molar refractivity (Wildman–Crippen MR) is 46.4 cm³/mol. The van der Waals surface area contributed by atoms with E-state index in [1.165, 1.54) is 0 Å². The molecule has 0 aliphatic heterocycles. The van der Waals surface area contributed by atoms with Crippen molar-refractivity contribution in [2.45, 2.75) is 0 Å². The lowest BCUT2D eigenvalue weighted by Gasteiger charge is -2.02. The monoisotopic (exact) mass is 201 g/mol. The van der Waals surface area contributed by atoms with Gasteiger partial charge >= 0.3 is 0 Å². The number of nitrogens with two attached hydrogens (primary N) is 2. The summed E-state index contributed by atoms with van der Waals surface area (Å²) < 4.78 is 0.907. The first-order valence-corrected chi connectivity index (χ1v) is 3.55. The smallest absolute Gasteiger partial charge is 0.0647 e. The molecule has 5 N–H and O–H groups in total. The zero-order valence-corrected chi connectivity index (χ0v) is 6.85. The van der Waals surface area contributed by atoms with Crippen molar-refractivity contribution >= 4 is 27.3 Å². The normalized spacial score (nSPS) is 9.40. The van der Waals surface area contributed by atoms with E-state index in [1.807, 2.05) is 6.07 Å². The number of hydrogen-bond donors (Lipinski definition) is 3. The fourth-order valence-electron chi connectivity index (χ4n) is 0.654. The van der Waals surface area contributed by atoms with Gasteiger partial charge in [-0.15, -0.1) is 0 Å². The molecule has 1 aromatic rings. The van der Waals surface area contributed by atoms with Crippen LogP contribution in [-0.2, 0) is 0 Å². The molecule has 0 aliphatic carbocycles. The van der Waals surface area contributed by atoms with Crippen LogP contribution >= 0.6 is 15.9 Å². The molecular weight excluding hydrogens is 194 g/mol. The van der Waals surface area contributed by atoms with Crippen LogP contribution in [0.5, 0.6) is 0 Å². The van der Waals surface area contributed by atoms with Gasteiger partial charge in [0.05, 0.1) is 5.69 Å². The van der Waals surface area contributed by atoms with Gasteiger partial charge in [-0.3, -0.25) is 5.84 Å². The van der Waals surface area contributed by atoms with Gasteiger partial charge in [-0.2, -0.15) is 0 Å². The lowest BCUT2D eigenvalue weighted by Crippen LogP contribution is -2.07. The highest BCUT2D eigenvalue weighted by Gasteiger charge is 1.95. The molecule has 54 valence electrons. The fraction of sp³-hybridized carbons (Fsp3) is 0. The summed E-state index contributed by atoms with van der Waals surface area (Å²) in [5, 5.41) is 0. The Balaban J connectivity index is 3.09. The first kappa shape index (κ1) is 7.37. The van der Waals surface area contributed by atoms with Gasteiger partial charge in [-0.05, 0) is 34.1 Å². The maximum absolute atomic E-state index is 5.49. The molecule has 10 heavy (non-hydrogen) atoms. The van der Waals surface area contributed by atoms with E-state index in [0.29, 0.717) is 5.69 Å². The van der Waals surface area contributed by atoms with Crippen molar-refractivity contribution in [2.24, 2.45) is 5.84 Å². The maximum Gasteiger partial charge on any atom is 0.0647 e. The van der Waals surface area contributed by atoms with Gasteiger partial charge in [0.2, 0.25) is 0 Å². The Morgan fingerprint density at radius 2 is 2.10 bits per heavy atom. The van der Waals surface area contributed by atoms with Crippen LogP contribution in [0.2, 0.25) is 0 Å². The molecule has 0 saturated heterocycles. The summed E-state index contributed by atoms with van der Waals surface area (Å²) in [5.74, 6) is 5.18. The minimum atomic E-state index is 0.691. The van der Waals surface area contributed by atoms with E-state index in [9.17, 15) is 0 Å². The first-order valence-electron chi connectivity index (χ1n) is 2.75. The maximum atomic E-state index is 5.49. The van der Waals surface area contributed by atoms with Gasteiger partial charge < -0.3 is 11.2 Å². The molecule has 0 spiro atoms. The fourth-order valence-corrected chi connectivity index (χ4v) is 1.01. The van der Waals surface area contributed by atoms with Gasteiger partial charge in [-0.1, -0.05) is 0 Å². The molecule has 0 saturated carbocycles. The van der Waals surface area contributed by atoms with E-state index >= 15 is 0 Å². The predicted octanol–water partition coefficient (Wildman–Crippen LogP) is 1.32. The van der Waals surface area contributed by atoms with Crippen molar-refractivity contribution in [1.82, 2.24) is 0 Å². The van der Waals surface area contributed by atoms with Gasteiger partial charge in [0.25, 0.3) is 0 Å². The summed E-state index contributed by atoms with van der Waals surface area (Å²) in [4.78, 5) is 0. The number of hydrazine groups is 1. The van der Waals surface area contributed by atoms with Crippen molar-refractivity contribution in [2.75, 3.05) is 11.2 Å². The minimum absolute atomic E-state index is 0.691. The molecular formula is C6H8BrN3. The minimum Gasteiger partial charge on any atom is -0.399 e. The van der Waals surface area contributed by atoms with E-state index in [1.54, 1.807) is 12.1 Å². The number of halogens is 1.